The molecule has 0 radical (unpaired) electrons. The van der Waals surface area contributed by atoms with Gasteiger partial charge in [-0.25, -0.2) is 0 Å². The number of aliphatic hydroxyl groups is 3. The van der Waals surface area contributed by atoms with Gasteiger partial charge in [-0.15, -0.1) is 0 Å². The van der Waals surface area contributed by atoms with Gasteiger partial charge in [0.1, 0.15) is 16.8 Å². The zero-order valence-electron chi connectivity index (χ0n) is 68.0. The van der Waals surface area contributed by atoms with E-state index in [0.29, 0.717) is 19.6 Å². The van der Waals surface area contributed by atoms with Crippen LogP contribution in [0.4, 0.5) is 0 Å². The van der Waals surface area contributed by atoms with E-state index in [1.165, 1.54) is 122 Å². The Morgan fingerprint density at radius 2 is 0.805 bits per heavy atom. The van der Waals surface area contributed by atoms with Crippen LogP contribution in [-0.2, 0) is 81.6 Å². The van der Waals surface area contributed by atoms with Crippen molar-refractivity contribution in [2.45, 2.75) is 155 Å². The number of aryl methyl sites for hydroxylation is 5. The van der Waals surface area contributed by atoms with E-state index in [1.807, 2.05) is 88.6 Å². The summed E-state index contributed by atoms with van der Waals surface area (Å²) >= 11 is 0. The monoisotopic (exact) mass is 1510 g/mol. The van der Waals surface area contributed by atoms with E-state index in [-0.39, 0.29) is 18.1 Å². The third-order valence-corrected chi connectivity index (χ3v) is 24.3. The molecule has 16 heteroatoms. The lowest BCUT2D eigenvalue weighted by Crippen LogP contribution is -2.36. The van der Waals surface area contributed by atoms with Gasteiger partial charge >= 0.3 is 0 Å². The molecule has 0 aliphatic carbocycles. The molecule has 6 aromatic carbocycles. The Kier molecular flexibility index (Phi) is 22.6. The van der Waals surface area contributed by atoms with Gasteiger partial charge in [-0.05, 0) is 227 Å². The second kappa shape index (κ2) is 32.7. The number of aromatic nitrogens is 8. The van der Waals surface area contributed by atoms with Gasteiger partial charge < -0.3 is 49.1 Å². The third kappa shape index (κ3) is 16.2. The number of pyridine rings is 4. The highest BCUT2D eigenvalue weighted by atomic mass is 16.3. The molecular formula is C97H111N13O3. The lowest BCUT2D eigenvalue weighted by Gasteiger charge is -2.36. The Balaban J connectivity index is 0.000000119. The highest BCUT2D eigenvalue weighted by Gasteiger charge is 2.38. The second-order valence-corrected chi connectivity index (χ2v) is 33.3. The molecule has 14 aromatic rings. The molecule has 0 saturated heterocycles. The Labute approximate surface area is 666 Å². The fourth-order valence-corrected chi connectivity index (χ4v) is 18.2. The molecular weight excluding hydrogens is 1400 g/mol. The van der Waals surface area contributed by atoms with Crippen LogP contribution in [0, 0.1) is 34.6 Å². The molecule has 16 nitrogen and oxygen atoms in total. The number of fused-ring (bicyclic) bond motifs is 12. The molecule has 0 spiro atoms. The van der Waals surface area contributed by atoms with E-state index in [9.17, 15) is 15.3 Å². The minimum Gasteiger partial charge on any atom is -0.384 e. The molecule has 4 aliphatic heterocycles. The van der Waals surface area contributed by atoms with Crippen molar-refractivity contribution in [3.05, 3.63) is 332 Å². The molecule has 18 rings (SSSR count). The summed E-state index contributed by atoms with van der Waals surface area (Å²) in [5.74, 6) is 0. The summed E-state index contributed by atoms with van der Waals surface area (Å²) in [5, 5.41) is 39.7. The third-order valence-electron chi connectivity index (χ3n) is 24.3. The van der Waals surface area contributed by atoms with Gasteiger partial charge in [0, 0.05) is 190 Å². The largest absolute Gasteiger partial charge is 0.384 e. The first-order valence-electron chi connectivity index (χ1n) is 40.3. The molecule has 5 N–H and O–H groups in total. The molecule has 0 amide bonds. The van der Waals surface area contributed by atoms with Crippen LogP contribution in [0.3, 0.4) is 0 Å². The maximum absolute atomic E-state index is 11.5. The van der Waals surface area contributed by atoms with Crippen LogP contribution in [0.5, 0.6) is 0 Å². The maximum atomic E-state index is 11.5. The number of benzene rings is 6. The van der Waals surface area contributed by atoms with E-state index < -0.39 is 16.8 Å². The predicted molar refractivity (Wildman–Crippen MR) is 458 cm³/mol. The topological polar surface area (TPSA) is 171 Å². The van der Waals surface area contributed by atoms with Crippen molar-refractivity contribution in [3.8, 4) is 0 Å². The van der Waals surface area contributed by atoms with Gasteiger partial charge in [-0.1, -0.05) is 125 Å². The summed E-state index contributed by atoms with van der Waals surface area (Å²) < 4.78 is 9.49. The quantitative estimate of drug-likeness (QED) is 0.0814. The van der Waals surface area contributed by atoms with Crippen LogP contribution >= 0.6 is 0 Å². The maximum Gasteiger partial charge on any atom is 0.106 e. The summed E-state index contributed by atoms with van der Waals surface area (Å²) in [7, 11) is 8.78. The van der Waals surface area contributed by atoms with Crippen LogP contribution in [0.15, 0.2) is 225 Å². The van der Waals surface area contributed by atoms with E-state index in [4.69, 9.17) is 5.73 Å². The lowest BCUT2D eigenvalue weighted by molar-refractivity contribution is 0.0368. The average molecular weight is 1510 g/mol. The average Bonchev–Trinajstić information content (AvgIpc) is 1.58. The number of rotatable bonds is 14. The van der Waals surface area contributed by atoms with Crippen molar-refractivity contribution >= 4 is 43.6 Å². The van der Waals surface area contributed by atoms with Gasteiger partial charge in [0.15, 0.2) is 0 Å². The Hall–Kier alpha value is -10.2. The van der Waals surface area contributed by atoms with Crippen molar-refractivity contribution in [1.29, 1.82) is 0 Å². The first kappa shape index (κ1) is 78.1. The summed E-state index contributed by atoms with van der Waals surface area (Å²) in [6.45, 7) is 24.8. The molecule has 8 aromatic heterocycles. The fourth-order valence-electron chi connectivity index (χ4n) is 18.2. The summed E-state index contributed by atoms with van der Waals surface area (Å²) in [6.07, 6.45) is 17.7. The highest BCUT2D eigenvalue weighted by molar-refractivity contribution is 5.90. The minimum absolute atomic E-state index is 0.0232. The highest BCUT2D eigenvalue weighted by Crippen LogP contribution is 2.45. The first-order chi connectivity index (χ1) is 54.4. The Bertz CT molecular complexity index is 5460. The number of hydrogen-bond donors (Lipinski definition) is 4. The van der Waals surface area contributed by atoms with Crippen molar-refractivity contribution in [3.63, 3.8) is 0 Å². The van der Waals surface area contributed by atoms with Crippen molar-refractivity contribution in [1.82, 2.24) is 57.8 Å². The molecule has 0 saturated carbocycles. The molecule has 113 heavy (non-hydrogen) atoms. The van der Waals surface area contributed by atoms with E-state index >= 15 is 0 Å². The number of nitrogens with two attached hydrogens (primary N) is 1. The zero-order chi connectivity index (χ0) is 79.0. The number of likely N-dealkylation sites (N-methyl/N-ethyl adjacent to an activating group) is 4. The molecule has 12 heterocycles. The molecule has 4 aliphatic rings. The molecule has 0 fully saturated rings. The fraction of sp³-hybridized carbons (Fsp3) is 0.340. The summed E-state index contributed by atoms with van der Waals surface area (Å²) in [6, 6.07) is 64.2. The van der Waals surface area contributed by atoms with Crippen LogP contribution in [0.25, 0.3) is 43.6 Å². The molecule has 6 unspecified atom stereocenters. The van der Waals surface area contributed by atoms with Crippen LogP contribution < -0.4 is 5.73 Å². The molecule has 6 atom stereocenters. The smallest absolute Gasteiger partial charge is 0.106 e. The standard InChI is InChI=1S/2C27H29N3O.C22H27N3O.C21H26N4/c2*1-19-11-12-24-23(16-19)22-13-15-29(3)25(20-8-5-4-6-9-20)26(22)30(24)18-27(2,31)21-10-7-14-28-17-21;1-15-5-8-20-19(11-15)18-9-10-24(4)13-21(18)25(20)14-22(3,26)17-7-6-16(2)23-12-17;1-15-3-4-20-18(13-15)17-7-11-24(2)12-8-21(17)25(20)14-19(22)16-5-9-23-10-6-16/h2*4-12,14,16-17,25,31H,13,15,18H2,1-3H3;5-8,11-12,26H,9-10,13-14H2,1-4H3;3-6,9-10,13,19H,7-8,11-12,14,22H2,1-2H3. The zero-order valence-corrected chi connectivity index (χ0v) is 68.0. The Morgan fingerprint density at radius 3 is 1.26 bits per heavy atom. The first-order valence-corrected chi connectivity index (χ1v) is 40.3. The van der Waals surface area contributed by atoms with E-state index in [0.717, 1.165) is 106 Å². The normalized spacial score (nSPS) is 17.9. The van der Waals surface area contributed by atoms with Crippen LogP contribution in [0.2, 0.25) is 0 Å². The lowest BCUT2D eigenvalue weighted by atomic mass is 9.92. The minimum atomic E-state index is -1.03. The molecule has 582 valence electrons. The Morgan fingerprint density at radius 1 is 0.398 bits per heavy atom. The van der Waals surface area contributed by atoms with Crippen LogP contribution in [0.1, 0.15) is 145 Å². The summed E-state index contributed by atoms with van der Waals surface area (Å²) in [5.41, 5.74) is 31.9. The van der Waals surface area contributed by atoms with Crippen molar-refractivity contribution in [2.75, 3.05) is 60.9 Å². The van der Waals surface area contributed by atoms with Gasteiger partial charge in [-0.2, -0.15) is 0 Å². The number of hydrogen-bond acceptors (Lipinski definition) is 12. The van der Waals surface area contributed by atoms with E-state index in [2.05, 4.69) is 247 Å². The van der Waals surface area contributed by atoms with Gasteiger partial charge in [0.25, 0.3) is 0 Å². The van der Waals surface area contributed by atoms with Gasteiger partial charge in [0.05, 0.1) is 31.7 Å². The van der Waals surface area contributed by atoms with Crippen LogP contribution in [-0.4, -0.2) is 134 Å². The SMILES string of the molecule is Cc1ccc2c(c1)c1c(n2CC(C)(O)c2ccc(C)nc2)CN(C)CC1.Cc1ccc2c(c1)c1c(n2CC(C)(O)c2cccnc2)C(c2ccccc2)N(C)CC1.Cc1ccc2c(c1)c1c(n2CC(C)(O)c2cccnc2)C(c2ccccc2)N(C)CC1.Cc1ccc2c(c1)c1c(n2CC(N)c2ccncc2)CCN(C)CC1. The van der Waals surface area contributed by atoms with Gasteiger partial charge in [0.2, 0.25) is 0 Å². The summed E-state index contributed by atoms with van der Waals surface area (Å²) in [4.78, 5) is 26.6. The second-order valence-electron chi connectivity index (χ2n) is 33.3. The predicted octanol–water partition coefficient (Wildman–Crippen LogP) is 16.3. The van der Waals surface area contributed by atoms with Gasteiger partial charge in [-0.3, -0.25) is 29.7 Å². The van der Waals surface area contributed by atoms with Crippen molar-refractivity contribution in [2.24, 2.45) is 5.73 Å². The van der Waals surface area contributed by atoms with Crippen molar-refractivity contribution < 1.29 is 15.3 Å². The molecule has 0 bridgehead atoms. The number of nitrogens with zero attached hydrogens (tertiary/aromatic N) is 12. The van der Waals surface area contributed by atoms with E-state index in [1.54, 1.807) is 31.0 Å².